The van der Waals surface area contributed by atoms with Crippen molar-refractivity contribution in [3.63, 3.8) is 0 Å². The molecular weight excluding hydrogens is 410 g/mol. The summed E-state index contributed by atoms with van der Waals surface area (Å²) in [5, 5.41) is 8.13. The van der Waals surface area contributed by atoms with Crippen molar-refractivity contribution in [2.24, 2.45) is 0 Å². The van der Waals surface area contributed by atoms with Gasteiger partial charge >= 0.3 is 0 Å². The van der Waals surface area contributed by atoms with Crippen LogP contribution >= 0.6 is 11.6 Å². The number of sulfone groups is 1. The summed E-state index contributed by atoms with van der Waals surface area (Å²) < 4.78 is 25.6. The Kier molecular flexibility index (Phi) is 5.43. The van der Waals surface area contributed by atoms with E-state index in [1.54, 1.807) is 35.0 Å². The maximum atomic E-state index is 12.6. The Morgan fingerprint density at radius 3 is 2.52 bits per heavy atom. The van der Waals surface area contributed by atoms with Crippen LogP contribution in [0.5, 0.6) is 0 Å². The fourth-order valence-corrected chi connectivity index (χ4v) is 5.28. The molecular formula is C21H20ClN3O3S. The zero-order chi connectivity index (χ0) is 20.4. The second kappa shape index (κ2) is 8.00. The Morgan fingerprint density at radius 2 is 1.86 bits per heavy atom. The number of nitrogens with zero attached hydrogens (tertiary/aromatic N) is 2. The number of rotatable bonds is 5. The first kappa shape index (κ1) is 19.7. The largest absolute Gasteiger partial charge is 0.311 e. The van der Waals surface area contributed by atoms with Crippen molar-refractivity contribution in [1.82, 2.24) is 9.78 Å². The second-order valence-corrected chi connectivity index (χ2v) is 9.80. The Bertz CT molecular complexity index is 1130. The van der Waals surface area contributed by atoms with Gasteiger partial charge in [0.1, 0.15) is 5.82 Å². The molecule has 1 atom stereocenters. The average molecular weight is 430 g/mol. The second-order valence-electron chi connectivity index (χ2n) is 7.13. The molecule has 0 saturated carbocycles. The van der Waals surface area contributed by atoms with Gasteiger partial charge in [0.05, 0.1) is 29.7 Å². The summed E-state index contributed by atoms with van der Waals surface area (Å²) in [5.41, 5.74) is 2.43. The third kappa shape index (κ3) is 4.68. The highest BCUT2D eigenvalue weighted by atomic mass is 35.5. The normalized spacial score (nSPS) is 17.9. The molecule has 0 spiro atoms. The molecule has 0 aliphatic carbocycles. The molecule has 150 valence electrons. The van der Waals surface area contributed by atoms with Gasteiger partial charge in [-0.05, 0) is 24.1 Å². The highest BCUT2D eigenvalue weighted by molar-refractivity contribution is 7.91. The minimum absolute atomic E-state index is 0.0307. The summed E-state index contributed by atoms with van der Waals surface area (Å²) in [6.45, 7) is 0. The van der Waals surface area contributed by atoms with Gasteiger partial charge in [-0.25, -0.2) is 13.1 Å². The van der Waals surface area contributed by atoms with Gasteiger partial charge in [-0.3, -0.25) is 4.79 Å². The average Bonchev–Trinajstić information content (AvgIpc) is 3.27. The molecule has 1 aromatic heterocycles. The molecule has 1 aliphatic heterocycles. The first-order valence-corrected chi connectivity index (χ1v) is 11.5. The first-order valence-electron chi connectivity index (χ1n) is 9.29. The van der Waals surface area contributed by atoms with Crippen molar-refractivity contribution in [2.75, 3.05) is 16.8 Å². The lowest BCUT2D eigenvalue weighted by molar-refractivity contribution is -0.115. The van der Waals surface area contributed by atoms with Crippen LogP contribution in [0.1, 0.15) is 18.0 Å². The molecule has 4 rings (SSSR count). The molecule has 29 heavy (non-hydrogen) atoms. The van der Waals surface area contributed by atoms with Crippen LogP contribution in [-0.2, 0) is 21.1 Å². The molecule has 1 aliphatic rings. The van der Waals surface area contributed by atoms with Gasteiger partial charge in [-0.2, -0.15) is 5.10 Å². The van der Waals surface area contributed by atoms with Gasteiger partial charge in [-0.15, -0.1) is 0 Å². The number of aromatic nitrogens is 2. The Labute approximate surface area is 174 Å². The monoisotopic (exact) mass is 429 g/mol. The van der Waals surface area contributed by atoms with Crippen molar-refractivity contribution in [3.8, 4) is 11.3 Å². The fourth-order valence-electron chi connectivity index (χ4n) is 3.46. The number of carbonyl (C=O) groups is 1. The molecule has 1 N–H and O–H groups in total. The maximum absolute atomic E-state index is 12.6. The van der Waals surface area contributed by atoms with Gasteiger partial charge in [0, 0.05) is 16.7 Å². The van der Waals surface area contributed by atoms with Crippen LogP contribution in [0.4, 0.5) is 5.82 Å². The summed E-state index contributed by atoms with van der Waals surface area (Å²) in [6.07, 6.45) is 0.671. The van der Waals surface area contributed by atoms with Crippen molar-refractivity contribution in [2.45, 2.75) is 18.9 Å². The zero-order valence-corrected chi connectivity index (χ0v) is 17.2. The van der Waals surface area contributed by atoms with Gasteiger partial charge in [0.15, 0.2) is 9.84 Å². The van der Waals surface area contributed by atoms with Crippen LogP contribution in [0, 0.1) is 0 Å². The number of anilines is 1. The number of hydrogen-bond acceptors (Lipinski definition) is 4. The molecule has 1 saturated heterocycles. The van der Waals surface area contributed by atoms with E-state index in [-0.39, 0.29) is 29.9 Å². The number of hydrogen-bond donors (Lipinski definition) is 1. The molecule has 1 amide bonds. The van der Waals surface area contributed by atoms with E-state index in [4.69, 9.17) is 11.6 Å². The van der Waals surface area contributed by atoms with Crippen molar-refractivity contribution in [3.05, 3.63) is 71.2 Å². The third-order valence-electron chi connectivity index (χ3n) is 4.90. The van der Waals surface area contributed by atoms with E-state index in [2.05, 4.69) is 10.4 Å². The predicted molar refractivity (Wildman–Crippen MR) is 114 cm³/mol. The van der Waals surface area contributed by atoms with E-state index in [0.29, 0.717) is 23.0 Å². The summed E-state index contributed by atoms with van der Waals surface area (Å²) in [6, 6.07) is 18.2. The predicted octanol–water partition coefficient (Wildman–Crippen LogP) is 3.74. The van der Waals surface area contributed by atoms with Crippen molar-refractivity contribution in [1.29, 1.82) is 0 Å². The summed E-state index contributed by atoms with van der Waals surface area (Å²) in [4.78, 5) is 12.6. The fraction of sp³-hybridized carbons (Fsp3) is 0.238. The highest BCUT2D eigenvalue weighted by Crippen LogP contribution is 2.30. The third-order valence-corrected chi connectivity index (χ3v) is 6.91. The molecule has 0 unspecified atom stereocenters. The van der Waals surface area contributed by atoms with Crippen LogP contribution in [0.25, 0.3) is 11.3 Å². The molecule has 6 nitrogen and oxygen atoms in total. The van der Waals surface area contributed by atoms with E-state index in [9.17, 15) is 13.2 Å². The van der Waals surface area contributed by atoms with Gasteiger partial charge in [0.25, 0.3) is 0 Å². The molecule has 2 heterocycles. The number of benzene rings is 2. The molecule has 8 heteroatoms. The lowest BCUT2D eigenvalue weighted by Crippen LogP contribution is -2.20. The van der Waals surface area contributed by atoms with Crippen molar-refractivity contribution < 1.29 is 13.2 Å². The summed E-state index contributed by atoms with van der Waals surface area (Å²) >= 11 is 5.89. The molecule has 0 radical (unpaired) electrons. The number of nitrogens with one attached hydrogen (secondary N) is 1. The minimum Gasteiger partial charge on any atom is -0.311 e. The van der Waals surface area contributed by atoms with E-state index in [0.717, 1.165) is 11.1 Å². The Balaban J connectivity index is 1.61. The highest BCUT2D eigenvalue weighted by Gasteiger charge is 2.31. The molecule has 2 aromatic carbocycles. The van der Waals surface area contributed by atoms with Gasteiger partial charge in [-0.1, -0.05) is 54.1 Å². The van der Waals surface area contributed by atoms with E-state index in [1.807, 2.05) is 30.3 Å². The number of halogens is 1. The van der Waals surface area contributed by atoms with Crippen LogP contribution in [0.15, 0.2) is 60.7 Å². The Hall–Kier alpha value is -2.64. The van der Waals surface area contributed by atoms with Crippen LogP contribution in [0.3, 0.4) is 0 Å². The first-order chi connectivity index (χ1) is 13.9. The minimum atomic E-state index is -3.08. The zero-order valence-electron chi connectivity index (χ0n) is 15.6. The standard InChI is InChI=1S/C21H20ClN3O3S/c22-17-8-6-15(7-9-17)12-21(26)23-20-13-19(16-4-2-1-3-5-16)24-25(20)18-10-11-29(27,28)14-18/h1-9,13,18H,10-12,14H2,(H,23,26)/t18-/m0/s1. The topological polar surface area (TPSA) is 81.1 Å². The Morgan fingerprint density at radius 1 is 1.14 bits per heavy atom. The number of amides is 1. The van der Waals surface area contributed by atoms with E-state index < -0.39 is 9.84 Å². The maximum Gasteiger partial charge on any atom is 0.229 e. The lowest BCUT2D eigenvalue weighted by Gasteiger charge is -2.13. The van der Waals surface area contributed by atoms with Crippen LogP contribution < -0.4 is 5.32 Å². The molecule has 3 aromatic rings. The van der Waals surface area contributed by atoms with Gasteiger partial charge in [0.2, 0.25) is 5.91 Å². The summed E-state index contributed by atoms with van der Waals surface area (Å²) in [7, 11) is -3.08. The lowest BCUT2D eigenvalue weighted by atomic mass is 10.1. The summed E-state index contributed by atoms with van der Waals surface area (Å²) in [5.74, 6) is 0.470. The quantitative estimate of drug-likeness (QED) is 0.669. The van der Waals surface area contributed by atoms with Crippen LogP contribution in [-0.4, -0.2) is 35.6 Å². The van der Waals surface area contributed by atoms with Crippen molar-refractivity contribution >= 4 is 33.2 Å². The smallest absolute Gasteiger partial charge is 0.229 e. The number of carbonyl (C=O) groups excluding carboxylic acids is 1. The van der Waals surface area contributed by atoms with Crippen LogP contribution in [0.2, 0.25) is 5.02 Å². The van der Waals surface area contributed by atoms with E-state index in [1.165, 1.54) is 0 Å². The SMILES string of the molecule is O=C(Cc1ccc(Cl)cc1)Nc1cc(-c2ccccc2)nn1[C@H]1CCS(=O)(=O)C1. The molecule has 1 fully saturated rings. The molecule has 0 bridgehead atoms. The van der Waals surface area contributed by atoms with Gasteiger partial charge < -0.3 is 5.32 Å². The van der Waals surface area contributed by atoms with E-state index >= 15 is 0 Å².